The van der Waals surface area contributed by atoms with Gasteiger partial charge in [-0.25, -0.2) is 9.79 Å². The number of hydrogen-bond acceptors (Lipinski definition) is 6. The third-order valence-electron chi connectivity index (χ3n) is 6.20. The standard InChI is InChI=1S/C31H25IN2O5S/c1-3-38-26-15-19(14-25(32)28(26)39-18-22-11-6-9-20-8-4-5-13-24(20)22)16-27-29(35)34(2)31(40-27)33-23-12-7-10-21(17-23)30(36)37/h4-17H,3,18H2,1-2H3,(H,36,37)/b27-16-,33-31?. The first kappa shape index (κ1) is 27.7. The highest BCUT2D eigenvalue weighted by Gasteiger charge is 2.30. The van der Waals surface area contributed by atoms with Gasteiger partial charge in [-0.15, -0.1) is 0 Å². The van der Waals surface area contributed by atoms with E-state index in [-0.39, 0.29) is 11.5 Å². The van der Waals surface area contributed by atoms with E-state index in [2.05, 4.69) is 51.8 Å². The Morgan fingerprint density at radius 2 is 1.82 bits per heavy atom. The van der Waals surface area contributed by atoms with Crippen molar-refractivity contribution in [2.75, 3.05) is 13.7 Å². The van der Waals surface area contributed by atoms with E-state index in [0.717, 1.165) is 25.5 Å². The number of fused-ring (bicyclic) bond motifs is 1. The molecule has 1 saturated heterocycles. The molecule has 1 aliphatic rings. The summed E-state index contributed by atoms with van der Waals surface area (Å²) in [6, 6.07) is 24.5. The molecule has 4 aromatic rings. The lowest BCUT2D eigenvalue weighted by Crippen LogP contribution is -2.23. The summed E-state index contributed by atoms with van der Waals surface area (Å²) >= 11 is 3.46. The summed E-state index contributed by atoms with van der Waals surface area (Å²) in [5, 5.41) is 12.0. The molecule has 1 heterocycles. The van der Waals surface area contributed by atoms with Gasteiger partial charge in [0.15, 0.2) is 16.7 Å². The topological polar surface area (TPSA) is 88.4 Å². The summed E-state index contributed by atoms with van der Waals surface area (Å²) in [4.78, 5) is 30.8. The number of ether oxygens (including phenoxy) is 2. The predicted molar refractivity (Wildman–Crippen MR) is 167 cm³/mol. The van der Waals surface area contributed by atoms with Crippen LogP contribution in [0.4, 0.5) is 5.69 Å². The summed E-state index contributed by atoms with van der Waals surface area (Å²) in [5.74, 6) is 0.0306. The molecule has 9 heteroatoms. The highest BCUT2D eigenvalue weighted by Crippen LogP contribution is 2.38. The summed E-state index contributed by atoms with van der Waals surface area (Å²) in [7, 11) is 1.65. The summed E-state index contributed by atoms with van der Waals surface area (Å²) in [6.07, 6.45) is 1.80. The van der Waals surface area contributed by atoms with Crippen LogP contribution >= 0.6 is 34.4 Å². The van der Waals surface area contributed by atoms with Crippen LogP contribution in [0.15, 0.2) is 88.8 Å². The van der Waals surface area contributed by atoms with Crippen LogP contribution in [0, 0.1) is 3.57 Å². The Morgan fingerprint density at radius 3 is 2.62 bits per heavy atom. The second-order valence-corrected chi connectivity index (χ2v) is 11.1. The molecular formula is C31H25IN2O5S. The second-order valence-electron chi connectivity index (χ2n) is 8.91. The number of benzene rings is 4. The SMILES string of the molecule is CCOc1cc(/C=C2\SC(=Nc3cccc(C(=O)O)c3)N(C)C2=O)cc(I)c1OCc1cccc2ccccc12. The number of halogens is 1. The molecule has 1 N–H and O–H groups in total. The number of aliphatic imine (C=N–C) groups is 1. The summed E-state index contributed by atoms with van der Waals surface area (Å²) in [5.41, 5.74) is 2.47. The lowest BCUT2D eigenvalue weighted by molar-refractivity contribution is -0.121. The molecule has 1 fully saturated rings. The van der Waals surface area contributed by atoms with E-state index in [1.54, 1.807) is 25.3 Å². The zero-order valence-corrected chi connectivity index (χ0v) is 24.7. The molecule has 0 saturated carbocycles. The third-order valence-corrected chi connectivity index (χ3v) is 8.06. The Kier molecular flexibility index (Phi) is 8.41. The molecular weight excluding hydrogens is 639 g/mol. The first-order valence-electron chi connectivity index (χ1n) is 12.5. The Morgan fingerprint density at radius 1 is 1.05 bits per heavy atom. The highest BCUT2D eigenvalue weighted by molar-refractivity contribution is 14.1. The molecule has 0 atom stereocenters. The van der Waals surface area contributed by atoms with Gasteiger partial charge >= 0.3 is 5.97 Å². The molecule has 0 radical (unpaired) electrons. The minimum Gasteiger partial charge on any atom is -0.490 e. The monoisotopic (exact) mass is 664 g/mol. The van der Waals surface area contributed by atoms with E-state index in [4.69, 9.17) is 9.47 Å². The van der Waals surface area contributed by atoms with Gasteiger partial charge in [0.25, 0.3) is 5.91 Å². The van der Waals surface area contributed by atoms with Crippen LogP contribution in [0.5, 0.6) is 11.5 Å². The number of amides is 1. The zero-order valence-electron chi connectivity index (χ0n) is 21.8. The third kappa shape index (κ3) is 6.00. The number of rotatable bonds is 8. The molecule has 1 amide bonds. The number of thioether (sulfide) groups is 1. The lowest BCUT2D eigenvalue weighted by Gasteiger charge is -2.16. The average molecular weight is 665 g/mol. The van der Waals surface area contributed by atoms with Crippen molar-refractivity contribution in [2.45, 2.75) is 13.5 Å². The van der Waals surface area contributed by atoms with Gasteiger partial charge in [-0.3, -0.25) is 9.69 Å². The van der Waals surface area contributed by atoms with Crippen LogP contribution in [0.2, 0.25) is 0 Å². The maximum Gasteiger partial charge on any atom is 0.335 e. The second kappa shape index (κ2) is 12.1. The highest BCUT2D eigenvalue weighted by atomic mass is 127. The van der Waals surface area contributed by atoms with Crippen LogP contribution in [-0.2, 0) is 11.4 Å². The van der Waals surface area contributed by atoms with E-state index in [1.165, 1.54) is 28.8 Å². The minimum atomic E-state index is -1.03. The molecule has 0 aliphatic carbocycles. The Labute approximate surface area is 249 Å². The van der Waals surface area contributed by atoms with E-state index >= 15 is 0 Å². The Balaban J connectivity index is 1.41. The van der Waals surface area contributed by atoms with Gasteiger partial charge in [-0.2, -0.15) is 0 Å². The minimum absolute atomic E-state index is 0.135. The molecule has 0 unspecified atom stereocenters. The Bertz CT molecular complexity index is 1680. The van der Waals surface area contributed by atoms with Crippen molar-refractivity contribution < 1.29 is 24.2 Å². The number of carbonyl (C=O) groups excluding carboxylic acids is 1. The number of likely N-dealkylation sites (N-methyl/N-ethyl adjacent to an activating group) is 1. The fraction of sp³-hybridized carbons (Fsp3) is 0.129. The maximum absolute atomic E-state index is 13.0. The van der Waals surface area contributed by atoms with Crippen molar-refractivity contribution in [3.63, 3.8) is 0 Å². The van der Waals surface area contributed by atoms with Crippen molar-refractivity contribution in [2.24, 2.45) is 4.99 Å². The maximum atomic E-state index is 13.0. The van der Waals surface area contributed by atoms with E-state index in [9.17, 15) is 14.7 Å². The molecule has 0 bridgehead atoms. The normalized spacial score (nSPS) is 15.3. The predicted octanol–water partition coefficient (Wildman–Crippen LogP) is 7.35. The van der Waals surface area contributed by atoms with E-state index in [1.807, 2.05) is 37.3 Å². The summed E-state index contributed by atoms with van der Waals surface area (Å²) in [6.45, 7) is 2.77. The van der Waals surface area contributed by atoms with Gasteiger partial charge in [0, 0.05) is 7.05 Å². The number of carbonyl (C=O) groups is 2. The van der Waals surface area contributed by atoms with Gasteiger partial charge < -0.3 is 14.6 Å². The van der Waals surface area contributed by atoms with Crippen molar-refractivity contribution >= 4 is 73.9 Å². The lowest BCUT2D eigenvalue weighted by atomic mass is 10.1. The summed E-state index contributed by atoms with van der Waals surface area (Å²) < 4.78 is 13.1. The van der Waals surface area contributed by atoms with Crippen molar-refractivity contribution in [3.05, 3.63) is 104 Å². The van der Waals surface area contributed by atoms with Gasteiger partial charge in [0.05, 0.1) is 26.3 Å². The van der Waals surface area contributed by atoms with Crippen LogP contribution in [0.3, 0.4) is 0 Å². The first-order chi connectivity index (χ1) is 19.3. The fourth-order valence-electron chi connectivity index (χ4n) is 4.26. The number of carboxylic acid groups (broad SMARTS) is 1. The van der Waals surface area contributed by atoms with Gasteiger partial charge in [0.2, 0.25) is 0 Å². The zero-order chi connectivity index (χ0) is 28.2. The van der Waals surface area contributed by atoms with E-state index in [0.29, 0.717) is 40.5 Å². The van der Waals surface area contributed by atoms with Gasteiger partial charge in [-0.1, -0.05) is 48.5 Å². The van der Waals surface area contributed by atoms with Crippen LogP contribution in [0.1, 0.15) is 28.4 Å². The number of aromatic carboxylic acids is 1. The van der Waals surface area contributed by atoms with E-state index < -0.39 is 5.97 Å². The van der Waals surface area contributed by atoms with Gasteiger partial charge in [0.1, 0.15) is 6.61 Å². The molecule has 1 aliphatic heterocycles. The van der Waals surface area contributed by atoms with Crippen LogP contribution in [0.25, 0.3) is 16.8 Å². The molecule has 4 aromatic carbocycles. The Hall–Kier alpha value is -3.83. The number of amidine groups is 1. The number of hydrogen-bond donors (Lipinski definition) is 1. The first-order valence-corrected chi connectivity index (χ1v) is 14.4. The van der Waals surface area contributed by atoms with Crippen molar-refractivity contribution in [3.8, 4) is 11.5 Å². The van der Waals surface area contributed by atoms with Crippen LogP contribution < -0.4 is 9.47 Å². The van der Waals surface area contributed by atoms with Gasteiger partial charge in [-0.05, 0) is 99.6 Å². The van der Waals surface area contributed by atoms with Crippen LogP contribution in [-0.4, -0.2) is 40.7 Å². The quantitative estimate of drug-likeness (QED) is 0.157. The molecule has 40 heavy (non-hydrogen) atoms. The smallest absolute Gasteiger partial charge is 0.335 e. The molecule has 202 valence electrons. The number of carboxylic acids is 1. The molecule has 0 aromatic heterocycles. The molecule has 0 spiro atoms. The fourth-order valence-corrected chi connectivity index (χ4v) is 6.03. The average Bonchev–Trinajstić information content (AvgIpc) is 3.20. The van der Waals surface area contributed by atoms with Crippen molar-refractivity contribution in [1.82, 2.24) is 4.90 Å². The number of nitrogens with zero attached hydrogens (tertiary/aromatic N) is 2. The molecule has 7 nitrogen and oxygen atoms in total. The largest absolute Gasteiger partial charge is 0.490 e. The molecule has 5 rings (SSSR count). The van der Waals surface area contributed by atoms with Crippen molar-refractivity contribution in [1.29, 1.82) is 0 Å².